The van der Waals surface area contributed by atoms with E-state index in [-0.39, 0.29) is 0 Å². The van der Waals surface area contributed by atoms with Gasteiger partial charge in [0.15, 0.2) is 0 Å². The van der Waals surface area contributed by atoms with Crippen molar-refractivity contribution in [3.8, 4) is 0 Å². The molecule has 96 valence electrons. The van der Waals surface area contributed by atoms with E-state index in [0.29, 0.717) is 5.92 Å². The van der Waals surface area contributed by atoms with Crippen LogP contribution in [0, 0.1) is 0 Å². The number of aromatic amines is 1. The first-order valence-electron chi connectivity index (χ1n) is 6.30. The Morgan fingerprint density at radius 2 is 2.17 bits per heavy atom. The van der Waals surface area contributed by atoms with Gasteiger partial charge >= 0.3 is 0 Å². The molecule has 2 N–H and O–H groups in total. The molecule has 0 aliphatic heterocycles. The Balaban J connectivity index is 1.78. The number of aromatic nitrogens is 4. The molecule has 5 nitrogen and oxygen atoms in total. The van der Waals surface area contributed by atoms with E-state index in [1.807, 2.05) is 12.3 Å². The smallest absolute Gasteiger partial charge is 0.129 e. The molecule has 2 aromatic heterocycles. The van der Waals surface area contributed by atoms with Crippen LogP contribution in [-0.4, -0.2) is 26.5 Å². The molecule has 0 saturated carbocycles. The molecule has 0 amide bonds. The van der Waals surface area contributed by atoms with Crippen LogP contribution in [0.2, 0.25) is 0 Å². The zero-order valence-corrected chi connectivity index (χ0v) is 10.8. The van der Waals surface area contributed by atoms with Gasteiger partial charge in [-0.2, -0.15) is 0 Å². The van der Waals surface area contributed by atoms with Gasteiger partial charge in [0.05, 0.1) is 0 Å². The van der Waals surface area contributed by atoms with E-state index in [4.69, 9.17) is 0 Å². The summed E-state index contributed by atoms with van der Waals surface area (Å²) in [5.74, 6) is 2.35. The van der Waals surface area contributed by atoms with Crippen molar-refractivity contribution in [2.45, 2.75) is 32.6 Å². The number of anilines is 1. The van der Waals surface area contributed by atoms with Crippen molar-refractivity contribution < 1.29 is 0 Å². The molecule has 0 aliphatic carbocycles. The second-order valence-corrected chi connectivity index (χ2v) is 4.55. The third-order valence-corrected chi connectivity index (χ3v) is 2.73. The Hall–Kier alpha value is -1.91. The van der Waals surface area contributed by atoms with E-state index in [0.717, 1.165) is 36.7 Å². The number of hydrogen-bond acceptors (Lipinski definition) is 4. The Kier molecular flexibility index (Phi) is 4.28. The molecule has 2 heterocycles. The zero-order valence-electron chi connectivity index (χ0n) is 10.8. The summed E-state index contributed by atoms with van der Waals surface area (Å²) < 4.78 is 0. The summed E-state index contributed by atoms with van der Waals surface area (Å²) in [6.07, 6.45) is 7.21. The van der Waals surface area contributed by atoms with Gasteiger partial charge in [0, 0.05) is 37.1 Å². The number of nitrogens with zero attached hydrogens (tertiary/aromatic N) is 3. The molecule has 2 rings (SSSR count). The Bertz CT molecular complexity index is 464. The van der Waals surface area contributed by atoms with Gasteiger partial charge in [0.2, 0.25) is 0 Å². The molecular weight excluding hydrogens is 226 g/mol. The predicted octanol–water partition coefficient (Wildman–Crippen LogP) is 2.37. The second kappa shape index (κ2) is 6.14. The summed E-state index contributed by atoms with van der Waals surface area (Å²) in [4.78, 5) is 15.7. The van der Waals surface area contributed by atoms with Crippen molar-refractivity contribution >= 4 is 5.82 Å². The Morgan fingerprint density at radius 1 is 1.28 bits per heavy atom. The van der Waals surface area contributed by atoms with Gasteiger partial charge in [-0.25, -0.2) is 15.0 Å². The molecule has 2 aromatic rings. The van der Waals surface area contributed by atoms with Crippen LogP contribution in [-0.2, 0) is 6.42 Å². The molecule has 0 unspecified atom stereocenters. The average Bonchev–Trinajstić information content (AvgIpc) is 2.88. The summed E-state index contributed by atoms with van der Waals surface area (Å²) in [5.41, 5.74) is 1.07. The van der Waals surface area contributed by atoms with Gasteiger partial charge in [-0.1, -0.05) is 13.8 Å². The Morgan fingerprint density at radius 3 is 2.89 bits per heavy atom. The van der Waals surface area contributed by atoms with Crippen LogP contribution in [0.3, 0.4) is 0 Å². The molecule has 0 atom stereocenters. The van der Waals surface area contributed by atoms with E-state index in [2.05, 4.69) is 39.1 Å². The maximum Gasteiger partial charge on any atom is 0.129 e. The van der Waals surface area contributed by atoms with Gasteiger partial charge in [-0.05, 0) is 12.3 Å². The summed E-state index contributed by atoms with van der Waals surface area (Å²) in [7, 11) is 0. The highest BCUT2D eigenvalue weighted by Gasteiger charge is 2.02. The quantitative estimate of drug-likeness (QED) is 0.767. The Labute approximate surface area is 107 Å². The van der Waals surface area contributed by atoms with Gasteiger partial charge in [-0.15, -0.1) is 0 Å². The van der Waals surface area contributed by atoms with Crippen LogP contribution in [0.1, 0.15) is 37.7 Å². The highest BCUT2D eigenvalue weighted by atomic mass is 15.0. The van der Waals surface area contributed by atoms with Gasteiger partial charge < -0.3 is 10.3 Å². The zero-order chi connectivity index (χ0) is 12.8. The molecule has 0 aromatic carbocycles. The topological polar surface area (TPSA) is 66.5 Å². The highest BCUT2D eigenvalue weighted by molar-refractivity contribution is 5.35. The number of rotatable bonds is 6. The third kappa shape index (κ3) is 3.55. The van der Waals surface area contributed by atoms with Crippen LogP contribution in [0.25, 0.3) is 0 Å². The monoisotopic (exact) mass is 245 g/mol. The van der Waals surface area contributed by atoms with Crippen LogP contribution < -0.4 is 5.32 Å². The van der Waals surface area contributed by atoms with E-state index in [9.17, 15) is 0 Å². The maximum absolute atomic E-state index is 4.24. The van der Waals surface area contributed by atoms with Gasteiger partial charge in [0.1, 0.15) is 18.0 Å². The predicted molar refractivity (Wildman–Crippen MR) is 71.5 cm³/mol. The number of nitrogens with one attached hydrogen (secondary N) is 2. The van der Waals surface area contributed by atoms with Crippen LogP contribution >= 0.6 is 0 Å². The van der Waals surface area contributed by atoms with Crippen LogP contribution in [0.4, 0.5) is 5.82 Å². The lowest BCUT2D eigenvalue weighted by Crippen LogP contribution is -2.06. The van der Waals surface area contributed by atoms with Crippen molar-refractivity contribution in [3.05, 3.63) is 36.3 Å². The molecule has 5 heteroatoms. The minimum atomic E-state index is 0.427. The van der Waals surface area contributed by atoms with E-state index >= 15 is 0 Å². The first-order valence-corrected chi connectivity index (χ1v) is 6.30. The molecule has 0 radical (unpaired) electrons. The van der Waals surface area contributed by atoms with Gasteiger partial charge in [0.25, 0.3) is 0 Å². The second-order valence-electron chi connectivity index (χ2n) is 4.55. The fourth-order valence-electron chi connectivity index (χ4n) is 1.69. The number of imidazole rings is 1. The number of aryl methyl sites for hydroxylation is 1. The van der Waals surface area contributed by atoms with E-state index in [1.165, 1.54) is 0 Å². The van der Waals surface area contributed by atoms with Crippen molar-refractivity contribution in [2.75, 3.05) is 11.9 Å². The minimum Gasteiger partial charge on any atom is -0.370 e. The first-order chi connectivity index (χ1) is 8.75. The minimum absolute atomic E-state index is 0.427. The molecule has 18 heavy (non-hydrogen) atoms. The lowest BCUT2D eigenvalue weighted by atomic mass is 10.1. The summed E-state index contributed by atoms with van der Waals surface area (Å²) >= 11 is 0. The van der Waals surface area contributed by atoms with E-state index in [1.54, 1.807) is 12.5 Å². The van der Waals surface area contributed by atoms with Crippen molar-refractivity contribution in [3.63, 3.8) is 0 Å². The SMILES string of the molecule is CC(C)c1cc(NCCCc2ncc[nH]2)ncn1. The summed E-state index contributed by atoms with van der Waals surface area (Å²) in [6, 6.07) is 2.01. The fourth-order valence-corrected chi connectivity index (χ4v) is 1.69. The fraction of sp³-hybridized carbons (Fsp3) is 0.462. The van der Waals surface area contributed by atoms with E-state index < -0.39 is 0 Å². The lowest BCUT2D eigenvalue weighted by molar-refractivity contribution is 0.800. The largest absolute Gasteiger partial charge is 0.370 e. The highest BCUT2D eigenvalue weighted by Crippen LogP contribution is 2.13. The third-order valence-electron chi connectivity index (χ3n) is 2.73. The summed E-state index contributed by atoms with van der Waals surface area (Å²) in [5, 5.41) is 3.31. The van der Waals surface area contributed by atoms with Crippen molar-refractivity contribution in [1.29, 1.82) is 0 Å². The maximum atomic E-state index is 4.24. The molecule has 0 spiro atoms. The lowest BCUT2D eigenvalue weighted by Gasteiger charge is -2.08. The molecule has 0 saturated heterocycles. The number of H-pyrrole nitrogens is 1. The van der Waals surface area contributed by atoms with Crippen LogP contribution in [0.15, 0.2) is 24.8 Å². The van der Waals surface area contributed by atoms with Gasteiger partial charge in [-0.3, -0.25) is 0 Å². The molecule has 0 aliphatic rings. The summed E-state index contributed by atoms with van der Waals surface area (Å²) in [6.45, 7) is 5.14. The van der Waals surface area contributed by atoms with Crippen LogP contribution in [0.5, 0.6) is 0 Å². The average molecular weight is 245 g/mol. The number of hydrogen-bond donors (Lipinski definition) is 2. The van der Waals surface area contributed by atoms with Crippen molar-refractivity contribution in [2.24, 2.45) is 0 Å². The molecule has 0 bridgehead atoms. The van der Waals surface area contributed by atoms with Crippen molar-refractivity contribution in [1.82, 2.24) is 19.9 Å². The normalized spacial score (nSPS) is 10.8. The molecule has 0 fully saturated rings. The standard InChI is InChI=1S/C13H19N5/c1-10(2)11-8-13(18-9-17-11)14-5-3-4-12-15-6-7-16-12/h6-10H,3-5H2,1-2H3,(H,15,16)(H,14,17,18). The molecular formula is C13H19N5. The first kappa shape index (κ1) is 12.5.